The van der Waals surface area contributed by atoms with Gasteiger partial charge in [-0.2, -0.15) is 0 Å². The Balaban J connectivity index is 3.31. The highest BCUT2D eigenvalue weighted by atomic mass is 31.2. The monoisotopic (exact) mass is 728 g/mol. The molecule has 1 aliphatic carbocycles. The summed E-state index contributed by atoms with van der Waals surface area (Å²) >= 11 is 0. The summed E-state index contributed by atoms with van der Waals surface area (Å²) in [5.74, 6) is -1.51. The highest BCUT2D eigenvalue weighted by Crippen LogP contribution is 2.52. The summed E-state index contributed by atoms with van der Waals surface area (Å²) in [5.41, 5.74) is 0. The van der Waals surface area contributed by atoms with Gasteiger partial charge in [0.1, 0.15) is 49.6 Å². The van der Waals surface area contributed by atoms with Gasteiger partial charge in [-0.25, -0.2) is 13.7 Å². The van der Waals surface area contributed by atoms with Gasteiger partial charge in [-0.3, -0.25) is 32.2 Å². The van der Waals surface area contributed by atoms with E-state index >= 15 is 0 Å². The van der Waals surface area contributed by atoms with Crippen molar-refractivity contribution in [3.8, 4) is 0 Å². The van der Waals surface area contributed by atoms with E-state index in [9.17, 15) is 62.5 Å². The number of phosphoric ester groups is 3. The third-order valence-electron chi connectivity index (χ3n) is 5.26. The molecule has 260 valence electrons. The number of rotatable bonds is 19. The molecule has 0 heterocycles. The summed E-state index contributed by atoms with van der Waals surface area (Å²) in [4.78, 5) is 89.2. The molecule has 1 aliphatic rings. The molecule has 0 aromatic heterocycles. The van der Waals surface area contributed by atoms with E-state index in [0.29, 0.717) is 12.8 Å². The minimum absolute atomic E-state index is 0.00856. The Kier molecular flexibility index (Phi) is 16.4. The second-order valence-electron chi connectivity index (χ2n) is 9.16. The minimum atomic E-state index is -5.71. The van der Waals surface area contributed by atoms with Crippen LogP contribution in [0.25, 0.3) is 0 Å². The Labute approximate surface area is 249 Å². The van der Waals surface area contributed by atoms with Gasteiger partial charge in [0, 0.05) is 12.8 Å². The maximum absolute atomic E-state index is 12.8. The summed E-state index contributed by atoms with van der Waals surface area (Å²) in [7, 11) is -22.0. The third kappa shape index (κ3) is 15.7. The molecular weight excluding hydrogens is 692 g/mol. The van der Waals surface area contributed by atoms with Crippen molar-refractivity contribution in [3.63, 3.8) is 0 Å². The lowest BCUT2D eigenvalue weighted by Crippen LogP contribution is -2.65. The number of ether oxygens (including phenoxy) is 3. The van der Waals surface area contributed by atoms with Crippen molar-refractivity contribution in [1.82, 2.24) is 0 Å². The van der Waals surface area contributed by atoms with E-state index in [1.807, 2.05) is 0 Å². The maximum Gasteiger partial charge on any atom is 0.472 e. The molecule has 44 heavy (non-hydrogen) atoms. The van der Waals surface area contributed by atoms with Crippen molar-refractivity contribution < 1.29 is 105 Å². The molecule has 0 amide bonds. The van der Waals surface area contributed by atoms with Crippen LogP contribution in [0.15, 0.2) is 0 Å². The first-order chi connectivity index (χ1) is 20.0. The first kappa shape index (κ1) is 41.3. The van der Waals surface area contributed by atoms with Crippen LogP contribution in [0.3, 0.4) is 0 Å². The lowest BCUT2D eigenvalue weighted by atomic mass is 9.85. The molecule has 0 saturated heterocycles. The van der Waals surface area contributed by atoms with Crippen molar-refractivity contribution >= 4 is 43.0 Å². The lowest BCUT2D eigenvalue weighted by Gasteiger charge is -2.46. The van der Waals surface area contributed by atoms with E-state index in [4.69, 9.17) is 33.0 Å². The predicted molar refractivity (Wildman–Crippen MR) is 139 cm³/mol. The lowest BCUT2D eigenvalue weighted by molar-refractivity contribution is -0.222. The Morgan fingerprint density at radius 2 is 1.18 bits per heavy atom. The Bertz CT molecular complexity index is 1130. The zero-order chi connectivity index (χ0) is 34.1. The van der Waals surface area contributed by atoms with Crippen molar-refractivity contribution in [3.05, 3.63) is 0 Å². The van der Waals surface area contributed by atoms with Crippen molar-refractivity contribution in [1.29, 1.82) is 0 Å². The van der Waals surface area contributed by atoms with Crippen LogP contribution < -0.4 is 0 Å². The number of aliphatic hydroxyl groups excluding tert-OH is 2. The van der Waals surface area contributed by atoms with Crippen molar-refractivity contribution in [2.24, 2.45) is 0 Å². The predicted octanol–water partition coefficient (Wildman–Crippen LogP) is -1.24. The maximum atomic E-state index is 12.8. The Hall–Kier alpha value is -0.700. The van der Waals surface area contributed by atoms with Gasteiger partial charge in [0.25, 0.3) is 0 Å². The Morgan fingerprint density at radius 1 is 0.682 bits per heavy atom. The van der Waals surface area contributed by atoms with Gasteiger partial charge in [0.15, 0.2) is 6.10 Å². The smallest absolute Gasteiger partial charge is 0.462 e. The van der Waals surface area contributed by atoms with Gasteiger partial charge in [-0.15, -0.1) is 0 Å². The van der Waals surface area contributed by atoms with Crippen LogP contribution in [0.5, 0.6) is 0 Å². The van der Waals surface area contributed by atoms with Gasteiger partial charge >= 0.3 is 43.0 Å². The quantitative estimate of drug-likeness (QED) is 0.0554. The molecule has 0 spiro atoms. The van der Waals surface area contributed by atoms with Crippen LogP contribution in [0.2, 0.25) is 0 Å². The number of hydrogen-bond acceptors (Lipinski definition) is 15. The third-order valence-corrected chi connectivity index (χ3v) is 7.77. The zero-order valence-corrected chi connectivity index (χ0v) is 26.7. The molecule has 8 atom stereocenters. The van der Waals surface area contributed by atoms with E-state index in [1.54, 1.807) is 13.8 Å². The van der Waals surface area contributed by atoms with Crippen LogP contribution >= 0.6 is 31.1 Å². The SMILES string of the molecule is CCCC(=O)OC[C@H](COP(=O)(O)O[C@H]1[C@H](O)[C@@H](OP(=O)(O)O)[C@H](OP(=O)(O)O)[C@@H](OCP(=O)(O)O)[C@H]1O)OC(=O)CCC. The molecule has 1 rings (SSSR count). The van der Waals surface area contributed by atoms with E-state index in [-0.39, 0.29) is 12.8 Å². The first-order valence-corrected chi connectivity index (χ1v) is 18.8. The molecule has 0 bridgehead atoms. The van der Waals surface area contributed by atoms with Crippen LogP contribution in [0.1, 0.15) is 39.5 Å². The van der Waals surface area contributed by atoms with Crippen LogP contribution in [0, 0.1) is 0 Å². The van der Waals surface area contributed by atoms with E-state index < -0.39 is 105 Å². The topological polar surface area (TPSA) is 349 Å². The van der Waals surface area contributed by atoms with Crippen molar-refractivity contribution in [2.75, 3.05) is 19.6 Å². The largest absolute Gasteiger partial charge is 0.472 e. The Morgan fingerprint density at radius 3 is 1.68 bits per heavy atom. The number of carbonyl (C=O) groups excluding carboxylic acids is 2. The van der Waals surface area contributed by atoms with E-state index in [0.717, 1.165) is 0 Å². The van der Waals surface area contributed by atoms with Gasteiger partial charge in [-0.05, 0) is 12.8 Å². The summed E-state index contributed by atoms with van der Waals surface area (Å²) in [6, 6.07) is 0. The fourth-order valence-electron chi connectivity index (χ4n) is 3.60. The molecule has 1 unspecified atom stereocenters. The molecule has 1 saturated carbocycles. The molecule has 0 aromatic rings. The zero-order valence-electron chi connectivity index (χ0n) is 23.1. The number of carbonyl (C=O) groups is 2. The molecular formula is C18H36O22P4. The standard InChI is InChI=1S/C18H36O22P4/c1-3-5-11(19)34-7-10(37-12(20)6-4-2)8-36-44(32,33)40-15-13(21)16(35-9-41(23,24)25)18(39-43(29,30)31)17(14(15)22)38-42(26,27)28/h10,13-18,21-22H,3-9H2,1-2H3,(H,32,33)(H2,23,24,25)(H2,26,27,28)(H2,29,30,31)/t10-,13+,14+,15-,16+,17-,18-/m1/s1. The molecule has 0 aliphatic heterocycles. The van der Waals surface area contributed by atoms with Gasteiger partial charge in [-0.1, -0.05) is 13.8 Å². The number of hydrogen-bond donors (Lipinski definition) is 9. The van der Waals surface area contributed by atoms with E-state index in [2.05, 4.69) is 9.05 Å². The highest BCUT2D eigenvalue weighted by Gasteiger charge is 2.58. The first-order valence-electron chi connectivity index (χ1n) is 12.5. The van der Waals surface area contributed by atoms with Crippen LogP contribution in [0.4, 0.5) is 0 Å². The van der Waals surface area contributed by atoms with Gasteiger partial charge in [0.05, 0.1) is 6.61 Å². The molecule has 22 nitrogen and oxygen atoms in total. The number of esters is 2. The molecule has 9 N–H and O–H groups in total. The fourth-order valence-corrected chi connectivity index (χ4v) is 6.06. The van der Waals surface area contributed by atoms with Gasteiger partial charge in [0.2, 0.25) is 0 Å². The average Bonchev–Trinajstić information content (AvgIpc) is 2.84. The summed E-state index contributed by atoms with van der Waals surface area (Å²) in [6.07, 6.45) is -17.9. The van der Waals surface area contributed by atoms with Crippen molar-refractivity contribution in [2.45, 2.75) is 82.3 Å². The number of phosphoric acid groups is 3. The minimum Gasteiger partial charge on any atom is -0.462 e. The van der Waals surface area contributed by atoms with Crippen LogP contribution in [-0.4, -0.2) is 119 Å². The van der Waals surface area contributed by atoms with Gasteiger partial charge < -0.3 is 58.7 Å². The molecule has 0 radical (unpaired) electrons. The van der Waals surface area contributed by atoms with Crippen LogP contribution in [-0.2, 0) is 60.2 Å². The normalized spacial score (nSPS) is 26.9. The van der Waals surface area contributed by atoms with E-state index in [1.165, 1.54) is 0 Å². The summed E-state index contributed by atoms with van der Waals surface area (Å²) in [5, 5.41) is 21.4. The number of aliphatic hydroxyl groups is 2. The fraction of sp³-hybridized carbons (Fsp3) is 0.889. The summed E-state index contributed by atoms with van der Waals surface area (Å²) in [6.45, 7) is 1.68. The molecule has 26 heteroatoms. The second-order valence-corrected chi connectivity index (χ2v) is 14.5. The highest BCUT2D eigenvalue weighted by molar-refractivity contribution is 7.51. The second kappa shape index (κ2) is 17.5. The average molecular weight is 728 g/mol. The molecule has 0 aromatic carbocycles. The molecule has 1 fully saturated rings. The summed E-state index contributed by atoms with van der Waals surface area (Å²) < 4.78 is 80.0.